The van der Waals surface area contributed by atoms with E-state index in [2.05, 4.69) is 43.5 Å². The molecule has 0 saturated heterocycles. The standard InChI is InChI=1S/C21H30N2O2/c1-21(2,3)16-8-10-17(11-9-16)22-19(24)14-4-6-15(7-5-14)20(25)23-18-12-13-18/h8-11,14-15,18H,4-7,12-13H2,1-3H3,(H,22,24)(H,23,25). The molecule has 25 heavy (non-hydrogen) atoms. The Balaban J connectivity index is 1.48. The Morgan fingerprint density at radius 1 is 0.840 bits per heavy atom. The molecule has 0 aromatic heterocycles. The van der Waals surface area contributed by atoms with Crippen molar-refractivity contribution in [3.05, 3.63) is 29.8 Å². The van der Waals surface area contributed by atoms with Gasteiger partial charge in [0.05, 0.1) is 0 Å². The van der Waals surface area contributed by atoms with Crippen LogP contribution in [0.15, 0.2) is 24.3 Å². The van der Waals surface area contributed by atoms with Crippen molar-refractivity contribution in [2.24, 2.45) is 11.8 Å². The van der Waals surface area contributed by atoms with Crippen molar-refractivity contribution >= 4 is 17.5 Å². The van der Waals surface area contributed by atoms with Gasteiger partial charge in [0.2, 0.25) is 11.8 Å². The van der Waals surface area contributed by atoms with Crippen LogP contribution in [0.1, 0.15) is 64.9 Å². The van der Waals surface area contributed by atoms with Crippen LogP contribution < -0.4 is 10.6 Å². The molecule has 136 valence electrons. The van der Waals surface area contributed by atoms with E-state index in [0.29, 0.717) is 6.04 Å². The number of anilines is 1. The Kier molecular flexibility index (Phi) is 5.16. The lowest BCUT2D eigenvalue weighted by Gasteiger charge is -2.27. The van der Waals surface area contributed by atoms with Crippen molar-refractivity contribution in [3.63, 3.8) is 0 Å². The molecular weight excluding hydrogens is 312 g/mol. The first-order chi connectivity index (χ1) is 11.8. The Labute approximate surface area is 150 Å². The summed E-state index contributed by atoms with van der Waals surface area (Å²) in [5.41, 5.74) is 2.22. The van der Waals surface area contributed by atoms with Crippen LogP contribution in [0.2, 0.25) is 0 Å². The molecule has 2 aliphatic rings. The lowest BCUT2D eigenvalue weighted by Crippen LogP contribution is -2.36. The SMILES string of the molecule is CC(C)(C)c1ccc(NC(=O)C2CCC(C(=O)NC3CC3)CC2)cc1. The van der Waals surface area contributed by atoms with Gasteiger partial charge in [-0.25, -0.2) is 0 Å². The van der Waals surface area contributed by atoms with E-state index in [9.17, 15) is 9.59 Å². The van der Waals surface area contributed by atoms with E-state index in [1.54, 1.807) is 0 Å². The highest BCUT2D eigenvalue weighted by atomic mass is 16.2. The summed E-state index contributed by atoms with van der Waals surface area (Å²) in [6.07, 6.45) is 5.48. The van der Waals surface area contributed by atoms with E-state index in [0.717, 1.165) is 44.2 Å². The molecule has 2 amide bonds. The van der Waals surface area contributed by atoms with Gasteiger partial charge in [0.1, 0.15) is 0 Å². The predicted molar refractivity (Wildman–Crippen MR) is 100 cm³/mol. The van der Waals surface area contributed by atoms with Gasteiger partial charge in [-0.2, -0.15) is 0 Å². The summed E-state index contributed by atoms with van der Waals surface area (Å²) in [6, 6.07) is 8.54. The van der Waals surface area contributed by atoms with Crippen molar-refractivity contribution in [3.8, 4) is 0 Å². The monoisotopic (exact) mass is 342 g/mol. The number of nitrogens with one attached hydrogen (secondary N) is 2. The maximum absolute atomic E-state index is 12.5. The van der Waals surface area contributed by atoms with Crippen LogP contribution in [0, 0.1) is 11.8 Å². The second kappa shape index (κ2) is 7.19. The summed E-state index contributed by atoms with van der Waals surface area (Å²) >= 11 is 0. The van der Waals surface area contributed by atoms with E-state index in [4.69, 9.17) is 0 Å². The molecule has 4 nitrogen and oxygen atoms in total. The van der Waals surface area contributed by atoms with Crippen molar-refractivity contribution in [2.75, 3.05) is 5.32 Å². The average molecular weight is 342 g/mol. The number of hydrogen-bond donors (Lipinski definition) is 2. The summed E-state index contributed by atoms with van der Waals surface area (Å²) in [7, 11) is 0. The van der Waals surface area contributed by atoms with Gasteiger partial charge in [-0.05, 0) is 61.6 Å². The highest BCUT2D eigenvalue weighted by Crippen LogP contribution is 2.31. The van der Waals surface area contributed by atoms with Crippen LogP contribution >= 0.6 is 0 Å². The van der Waals surface area contributed by atoms with E-state index in [-0.39, 0.29) is 29.1 Å². The molecule has 1 aromatic carbocycles. The van der Waals surface area contributed by atoms with Gasteiger partial charge >= 0.3 is 0 Å². The summed E-state index contributed by atoms with van der Waals surface area (Å²) in [5.74, 6) is 0.395. The van der Waals surface area contributed by atoms with Crippen molar-refractivity contribution < 1.29 is 9.59 Å². The molecule has 0 spiro atoms. The zero-order chi connectivity index (χ0) is 18.0. The van der Waals surface area contributed by atoms with E-state index in [1.807, 2.05) is 12.1 Å². The molecule has 0 bridgehead atoms. The number of carbonyl (C=O) groups is 2. The predicted octanol–water partition coefficient (Wildman–Crippen LogP) is 4.01. The van der Waals surface area contributed by atoms with E-state index < -0.39 is 0 Å². The molecule has 0 radical (unpaired) electrons. The third-order valence-corrected chi connectivity index (χ3v) is 5.41. The summed E-state index contributed by atoms with van der Waals surface area (Å²) in [5, 5.41) is 6.12. The highest BCUT2D eigenvalue weighted by molar-refractivity contribution is 5.92. The number of carbonyl (C=O) groups excluding carboxylic acids is 2. The normalized spacial score (nSPS) is 23.8. The second-order valence-electron chi connectivity index (χ2n) is 8.65. The average Bonchev–Trinajstić information content (AvgIpc) is 3.38. The van der Waals surface area contributed by atoms with E-state index in [1.165, 1.54) is 5.56 Å². The molecule has 2 fully saturated rings. The quantitative estimate of drug-likeness (QED) is 0.868. The van der Waals surface area contributed by atoms with Crippen molar-refractivity contribution in [2.45, 2.75) is 70.8 Å². The van der Waals surface area contributed by atoms with E-state index >= 15 is 0 Å². The Morgan fingerprint density at radius 3 is 1.84 bits per heavy atom. The van der Waals surface area contributed by atoms with Crippen LogP contribution in [0.3, 0.4) is 0 Å². The van der Waals surface area contributed by atoms with Crippen molar-refractivity contribution in [1.82, 2.24) is 5.32 Å². The Bertz CT molecular complexity index is 618. The van der Waals surface area contributed by atoms with Gasteiger partial charge in [0, 0.05) is 23.6 Å². The summed E-state index contributed by atoms with van der Waals surface area (Å²) in [4.78, 5) is 24.6. The van der Waals surface area contributed by atoms with Crippen LogP contribution in [0.25, 0.3) is 0 Å². The van der Waals surface area contributed by atoms with Gasteiger partial charge in [0.15, 0.2) is 0 Å². The zero-order valence-electron chi connectivity index (χ0n) is 15.6. The topological polar surface area (TPSA) is 58.2 Å². The molecule has 2 saturated carbocycles. The molecule has 1 aromatic rings. The molecule has 2 aliphatic carbocycles. The lowest BCUT2D eigenvalue weighted by molar-refractivity contribution is -0.128. The van der Waals surface area contributed by atoms with Crippen LogP contribution in [0.4, 0.5) is 5.69 Å². The first kappa shape index (κ1) is 18.0. The molecule has 0 heterocycles. The molecule has 0 aliphatic heterocycles. The van der Waals surface area contributed by atoms with Crippen LogP contribution in [-0.4, -0.2) is 17.9 Å². The summed E-state index contributed by atoms with van der Waals surface area (Å²) < 4.78 is 0. The fourth-order valence-corrected chi connectivity index (χ4v) is 3.46. The first-order valence-electron chi connectivity index (χ1n) is 9.55. The molecule has 0 atom stereocenters. The Morgan fingerprint density at radius 2 is 1.36 bits per heavy atom. The molecular formula is C21H30N2O2. The molecule has 4 heteroatoms. The molecule has 3 rings (SSSR count). The van der Waals surface area contributed by atoms with Crippen LogP contribution in [-0.2, 0) is 15.0 Å². The summed E-state index contributed by atoms with van der Waals surface area (Å²) in [6.45, 7) is 6.54. The highest BCUT2D eigenvalue weighted by Gasteiger charge is 2.32. The van der Waals surface area contributed by atoms with Crippen LogP contribution in [0.5, 0.6) is 0 Å². The number of hydrogen-bond acceptors (Lipinski definition) is 2. The smallest absolute Gasteiger partial charge is 0.227 e. The minimum Gasteiger partial charge on any atom is -0.353 e. The van der Waals surface area contributed by atoms with Gasteiger partial charge in [-0.15, -0.1) is 0 Å². The largest absolute Gasteiger partial charge is 0.353 e. The molecule has 0 unspecified atom stereocenters. The third kappa shape index (κ3) is 4.83. The van der Waals surface area contributed by atoms with Gasteiger partial charge in [-0.3, -0.25) is 9.59 Å². The minimum atomic E-state index is 0.0206. The number of amides is 2. The maximum atomic E-state index is 12.5. The fraction of sp³-hybridized carbons (Fsp3) is 0.619. The maximum Gasteiger partial charge on any atom is 0.227 e. The zero-order valence-corrected chi connectivity index (χ0v) is 15.6. The number of rotatable bonds is 4. The third-order valence-electron chi connectivity index (χ3n) is 5.41. The fourth-order valence-electron chi connectivity index (χ4n) is 3.46. The molecule has 2 N–H and O–H groups in total. The second-order valence-corrected chi connectivity index (χ2v) is 8.65. The van der Waals surface area contributed by atoms with Gasteiger partial charge in [-0.1, -0.05) is 32.9 Å². The van der Waals surface area contributed by atoms with Gasteiger partial charge < -0.3 is 10.6 Å². The first-order valence-corrected chi connectivity index (χ1v) is 9.55. The minimum absolute atomic E-state index is 0.0206. The van der Waals surface area contributed by atoms with Crippen molar-refractivity contribution in [1.29, 1.82) is 0 Å². The van der Waals surface area contributed by atoms with Gasteiger partial charge in [0.25, 0.3) is 0 Å². The Hall–Kier alpha value is -1.84. The lowest BCUT2D eigenvalue weighted by atomic mass is 9.81. The number of benzene rings is 1.